The van der Waals surface area contributed by atoms with Crippen LogP contribution in [-0.4, -0.2) is 0 Å². The Hall–Kier alpha value is -7.06. The minimum Gasteiger partial charge on any atom is -0.135 e. The van der Waals surface area contributed by atoms with Crippen LogP contribution in [0.3, 0.4) is 0 Å². The predicted molar refractivity (Wildman–Crippen MR) is 247 cm³/mol. The third-order valence-electron chi connectivity index (χ3n) is 11.5. The van der Waals surface area contributed by atoms with Crippen LogP contribution >= 0.6 is 11.3 Å². The van der Waals surface area contributed by atoms with Crippen molar-refractivity contribution in [1.29, 1.82) is 0 Å². The minimum atomic E-state index is 1.21. The lowest BCUT2D eigenvalue weighted by Gasteiger charge is -2.18. The van der Waals surface area contributed by atoms with Crippen LogP contribution < -0.4 is 0 Å². The molecule has 1 aromatic heterocycles. The number of thiophene rings is 1. The summed E-state index contributed by atoms with van der Waals surface area (Å²) in [6, 6.07) is 80.1. The van der Waals surface area contributed by atoms with E-state index in [1.54, 1.807) is 0 Å². The highest BCUT2D eigenvalue weighted by atomic mass is 32.1. The summed E-state index contributed by atoms with van der Waals surface area (Å²) in [5, 5.41) is 8.87. The Morgan fingerprint density at radius 3 is 1.39 bits per heavy atom. The fraction of sp³-hybridized carbons (Fsp3) is 0. The van der Waals surface area contributed by atoms with Gasteiger partial charge in [-0.25, -0.2) is 0 Å². The molecular weight excluding hydrogens is 705 g/mol. The summed E-state index contributed by atoms with van der Waals surface area (Å²) in [6.07, 6.45) is 0. The van der Waals surface area contributed by atoms with Gasteiger partial charge in [0.15, 0.2) is 0 Å². The molecule has 1 heterocycles. The molecule has 0 N–H and O–H groups in total. The number of benzene rings is 10. The van der Waals surface area contributed by atoms with Gasteiger partial charge in [0.1, 0.15) is 0 Å². The van der Waals surface area contributed by atoms with Gasteiger partial charge in [0.2, 0.25) is 0 Å². The van der Waals surface area contributed by atoms with Crippen LogP contribution in [0.1, 0.15) is 0 Å². The maximum Gasteiger partial charge on any atom is 0.0433 e. The summed E-state index contributed by atoms with van der Waals surface area (Å²) in [4.78, 5) is 1.31. The Labute approximate surface area is 336 Å². The molecule has 266 valence electrons. The summed E-state index contributed by atoms with van der Waals surface area (Å²) >= 11 is 1.88. The fourth-order valence-electron chi connectivity index (χ4n) is 8.86. The lowest BCUT2D eigenvalue weighted by molar-refractivity contribution is 1.62. The van der Waals surface area contributed by atoms with Crippen molar-refractivity contribution in [1.82, 2.24) is 0 Å². The number of hydrogen-bond donors (Lipinski definition) is 0. The monoisotopic (exact) mass is 740 g/mol. The molecule has 10 aromatic carbocycles. The van der Waals surface area contributed by atoms with Crippen LogP contribution in [0.5, 0.6) is 0 Å². The van der Waals surface area contributed by atoms with Crippen LogP contribution in [0.4, 0.5) is 0 Å². The van der Waals surface area contributed by atoms with Crippen molar-refractivity contribution in [2.75, 3.05) is 0 Å². The second kappa shape index (κ2) is 13.9. The van der Waals surface area contributed by atoms with Crippen molar-refractivity contribution >= 4 is 53.7 Å². The number of hydrogen-bond acceptors (Lipinski definition) is 1. The third-order valence-corrected chi connectivity index (χ3v) is 12.7. The van der Waals surface area contributed by atoms with E-state index in [1.165, 1.54) is 108 Å². The Morgan fingerprint density at radius 2 is 0.702 bits per heavy atom. The molecule has 0 nitrogen and oxygen atoms in total. The highest BCUT2D eigenvalue weighted by Gasteiger charge is 2.19. The molecule has 0 saturated heterocycles. The maximum atomic E-state index is 2.39. The molecule has 0 saturated carbocycles. The summed E-state index contributed by atoms with van der Waals surface area (Å²) in [6.45, 7) is 0. The zero-order valence-corrected chi connectivity index (χ0v) is 32.0. The molecule has 0 aliphatic rings. The molecule has 0 fully saturated rings. The van der Waals surface area contributed by atoms with Gasteiger partial charge in [0.25, 0.3) is 0 Å². The maximum absolute atomic E-state index is 2.39. The summed E-state index contributed by atoms with van der Waals surface area (Å²) < 4.78 is 1.29. The van der Waals surface area contributed by atoms with Gasteiger partial charge >= 0.3 is 0 Å². The summed E-state index contributed by atoms with van der Waals surface area (Å²) in [5.74, 6) is 0. The first-order valence-corrected chi connectivity index (χ1v) is 20.4. The molecule has 57 heavy (non-hydrogen) atoms. The minimum absolute atomic E-state index is 1.21. The molecule has 0 aliphatic heterocycles. The third kappa shape index (κ3) is 5.75. The quantitative estimate of drug-likeness (QED) is 0.149. The smallest absolute Gasteiger partial charge is 0.0433 e. The Morgan fingerprint density at radius 1 is 0.246 bits per heavy atom. The highest BCUT2D eigenvalue weighted by molar-refractivity contribution is 7.23. The average Bonchev–Trinajstić information content (AvgIpc) is 3.68. The largest absolute Gasteiger partial charge is 0.135 e. The molecule has 0 amide bonds. The molecule has 0 atom stereocenters. The Kier molecular flexibility index (Phi) is 8.12. The first-order chi connectivity index (χ1) is 28.3. The van der Waals surface area contributed by atoms with E-state index in [4.69, 9.17) is 0 Å². The second-order valence-electron chi connectivity index (χ2n) is 14.8. The Balaban J connectivity index is 1.04. The highest BCUT2D eigenvalue weighted by Crippen LogP contribution is 2.47. The molecule has 0 aliphatic carbocycles. The molecule has 11 rings (SSSR count). The molecule has 0 unspecified atom stereocenters. The van der Waals surface area contributed by atoms with Crippen molar-refractivity contribution in [2.45, 2.75) is 0 Å². The van der Waals surface area contributed by atoms with Crippen molar-refractivity contribution in [3.8, 4) is 66.1 Å². The van der Waals surface area contributed by atoms with E-state index >= 15 is 0 Å². The standard InChI is InChI=1S/C56H36S/c1-3-16-39(17-4-1)55-51-34-33-43(36-52(51)57-56(55)41-18-5-2-6-19-41)42-21-13-22-44(35-42)54-49-26-11-9-24-47(49)53(48-25-10-12-27-50(48)54)40-31-29-38(30-32-40)46-28-14-20-37-15-7-8-23-45(37)46/h1-36H. The number of fused-ring (bicyclic) bond motifs is 4. The first kappa shape index (κ1) is 33.3. The van der Waals surface area contributed by atoms with Gasteiger partial charge in [-0.2, -0.15) is 0 Å². The second-order valence-corrected chi connectivity index (χ2v) is 15.8. The zero-order chi connectivity index (χ0) is 37.7. The van der Waals surface area contributed by atoms with Crippen LogP contribution in [-0.2, 0) is 0 Å². The van der Waals surface area contributed by atoms with Crippen LogP contribution in [0.2, 0.25) is 0 Å². The van der Waals surface area contributed by atoms with Gasteiger partial charge < -0.3 is 0 Å². The van der Waals surface area contributed by atoms with Gasteiger partial charge in [0, 0.05) is 20.5 Å². The van der Waals surface area contributed by atoms with Crippen molar-refractivity contribution in [3.05, 3.63) is 218 Å². The molecule has 0 spiro atoms. The van der Waals surface area contributed by atoms with E-state index < -0.39 is 0 Å². The fourth-order valence-corrected chi connectivity index (χ4v) is 10.1. The van der Waals surface area contributed by atoms with Crippen LogP contribution in [0.15, 0.2) is 218 Å². The summed E-state index contributed by atoms with van der Waals surface area (Å²) in [5.41, 5.74) is 13.7. The van der Waals surface area contributed by atoms with Gasteiger partial charge in [0.05, 0.1) is 0 Å². The Bertz CT molecular complexity index is 3200. The normalized spacial score (nSPS) is 11.5. The van der Waals surface area contributed by atoms with Crippen molar-refractivity contribution < 1.29 is 0 Å². The molecule has 0 bridgehead atoms. The van der Waals surface area contributed by atoms with E-state index in [1.807, 2.05) is 11.3 Å². The summed E-state index contributed by atoms with van der Waals surface area (Å²) in [7, 11) is 0. The van der Waals surface area contributed by atoms with Crippen LogP contribution in [0.25, 0.3) is 108 Å². The van der Waals surface area contributed by atoms with Gasteiger partial charge in [-0.15, -0.1) is 11.3 Å². The predicted octanol–water partition coefficient (Wildman–Crippen LogP) is 16.4. The molecular formula is C56H36S. The van der Waals surface area contributed by atoms with Gasteiger partial charge in [-0.3, -0.25) is 0 Å². The van der Waals surface area contributed by atoms with Crippen molar-refractivity contribution in [2.24, 2.45) is 0 Å². The first-order valence-electron chi connectivity index (χ1n) is 19.6. The molecule has 11 aromatic rings. The lowest BCUT2D eigenvalue weighted by Crippen LogP contribution is -1.91. The lowest BCUT2D eigenvalue weighted by atomic mass is 9.85. The van der Waals surface area contributed by atoms with E-state index in [0.717, 1.165) is 0 Å². The molecule has 1 heteroatoms. The van der Waals surface area contributed by atoms with Gasteiger partial charge in [-0.1, -0.05) is 206 Å². The topological polar surface area (TPSA) is 0 Å². The SMILES string of the molecule is c1ccc(-c2sc3cc(-c4cccc(-c5c6ccccc6c(-c6ccc(-c7cccc8ccccc78)cc6)c6ccccc56)c4)ccc3c2-c2ccccc2)cc1. The zero-order valence-electron chi connectivity index (χ0n) is 31.2. The van der Waals surface area contributed by atoms with Gasteiger partial charge in [-0.05, 0) is 100 Å². The number of rotatable bonds is 6. The molecule has 0 radical (unpaired) electrons. The van der Waals surface area contributed by atoms with E-state index in [2.05, 4.69) is 218 Å². The van der Waals surface area contributed by atoms with Crippen LogP contribution in [0, 0.1) is 0 Å². The van der Waals surface area contributed by atoms with E-state index in [0.29, 0.717) is 0 Å². The van der Waals surface area contributed by atoms with E-state index in [9.17, 15) is 0 Å². The average molecular weight is 741 g/mol. The van der Waals surface area contributed by atoms with Crippen molar-refractivity contribution in [3.63, 3.8) is 0 Å². The van der Waals surface area contributed by atoms with E-state index in [-0.39, 0.29) is 0 Å².